The first-order chi connectivity index (χ1) is 9.63. The summed E-state index contributed by atoms with van der Waals surface area (Å²) >= 11 is 0. The van der Waals surface area contributed by atoms with Crippen molar-refractivity contribution in [2.75, 3.05) is 17.7 Å². The van der Waals surface area contributed by atoms with E-state index in [9.17, 15) is 10.1 Å². The van der Waals surface area contributed by atoms with Crippen LogP contribution in [0.5, 0.6) is 0 Å². The zero-order valence-electron chi connectivity index (χ0n) is 11.5. The molecule has 0 saturated carbocycles. The minimum atomic E-state index is -0.369. The number of anilines is 2. The van der Waals surface area contributed by atoms with Crippen LogP contribution in [-0.4, -0.2) is 12.0 Å². The molecule has 2 rings (SSSR count). The zero-order chi connectivity index (χ0) is 14.5. The van der Waals surface area contributed by atoms with Gasteiger partial charge in [0.1, 0.15) is 11.4 Å². The van der Waals surface area contributed by atoms with Gasteiger partial charge in [0.15, 0.2) is 0 Å². The minimum Gasteiger partial charge on any atom is -0.382 e. The average molecular weight is 271 g/mol. The quantitative estimate of drug-likeness (QED) is 0.644. The molecule has 2 aromatic carbocycles. The third-order valence-electron chi connectivity index (χ3n) is 3.22. The van der Waals surface area contributed by atoms with Crippen LogP contribution in [0.15, 0.2) is 42.5 Å². The molecule has 0 heterocycles. The number of benzene rings is 2. The van der Waals surface area contributed by atoms with Crippen molar-refractivity contribution in [3.63, 3.8) is 0 Å². The topological polar surface area (TPSA) is 67.2 Å². The standard InChI is InChI=1S/C15H17N3O2/c1-11-6-3-4-7-12(11)10-17-14-9-5-8-13(16-2)15(14)18(19)20/h3-9,16-17H,10H2,1-2H3. The van der Waals surface area contributed by atoms with Crippen molar-refractivity contribution in [1.29, 1.82) is 0 Å². The highest BCUT2D eigenvalue weighted by atomic mass is 16.6. The van der Waals surface area contributed by atoms with E-state index >= 15 is 0 Å². The van der Waals surface area contributed by atoms with Gasteiger partial charge in [-0.1, -0.05) is 30.3 Å². The summed E-state index contributed by atoms with van der Waals surface area (Å²) in [5.41, 5.74) is 3.38. The molecule has 2 aromatic rings. The second-order valence-corrected chi connectivity index (χ2v) is 4.49. The number of para-hydroxylation sites is 1. The van der Waals surface area contributed by atoms with Gasteiger partial charge >= 0.3 is 5.69 Å². The molecule has 0 amide bonds. The highest BCUT2D eigenvalue weighted by molar-refractivity contribution is 5.76. The van der Waals surface area contributed by atoms with Crippen molar-refractivity contribution in [3.05, 3.63) is 63.7 Å². The largest absolute Gasteiger partial charge is 0.382 e. The Kier molecular flexibility index (Phi) is 4.20. The van der Waals surface area contributed by atoms with Gasteiger partial charge in [-0.25, -0.2) is 0 Å². The summed E-state index contributed by atoms with van der Waals surface area (Å²) in [6.45, 7) is 2.58. The molecule has 2 N–H and O–H groups in total. The van der Waals surface area contributed by atoms with Crippen LogP contribution in [0.2, 0.25) is 0 Å². The summed E-state index contributed by atoms with van der Waals surface area (Å²) in [4.78, 5) is 10.8. The predicted molar refractivity (Wildman–Crippen MR) is 81.1 cm³/mol. The van der Waals surface area contributed by atoms with E-state index in [1.165, 1.54) is 0 Å². The van der Waals surface area contributed by atoms with Crippen LogP contribution in [0.4, 0.5) is 17.1 Å². The lowest BCUT2D eigenvalue weighted by Gasteiger charge is -2.11. The monoisotopic (exact) mass is 271 g/mol. The first kappa shape index (κ1) is 13.9. The SMILES string of the molecule is CNc1cccc(NCc2ccccc2C)c1[N+](=O)[O-]. The molecule has 0 aliphatic heterocycles. The molecular formula is C15H17N3O2. The molecule has 0 radical (unpaired) electrons. The maximum Gasteiger partial charge on any atom is 0.315 e. The fourth-order valence-electron chi connectivity index (χ4n) is 2.08. The van der Waals surface area contributed by atoms with Gasteiger partial charge in [-0.15, -0.1) is 0 Å². The molecule has 104 valence electrons. The van der Waals surface area contributed by atoms with Gasteiger partial charge in [-0.2, -0.15) is 0 Å². The highest BCUT2D eigenvalue weighted by Gasteiger charge is 2.18. The second kappa shape index (κ2) is 6.06. The van der Waals surface area contributed by atoms with Crippen LogP contribution in [0.25, 0.3) is 0 Å². The third-order valence-corrected chi connectivity index (χ3v) is 3.22. The van der Waals surface area contributed by atoms with E-state index in [4.69, 9.17) is 0 Å². The number of rotatable bonds is 5. The second-order valence-electron chi connectivity index (χ2n) is 4.49. The molecule has 0 aliphatic carbocycles. The molecule has 0 saturated heterocycles. The van der Waals surface area contributed by atoms with E-state index in [2.05, 4.69) is 10.6 Å². The van der Waals surface area contributed by atoms with Crippen LogP contribution in [0.1, 0.15) is 11.1 Å². The maximum atomic E-state index is 11.2. The average Bonchev–Trinajstić information content (AvgIpc) is 2.45. The van der Waals surface area contributed by atoms with Crippen molar-refractivity contribution in [2.24, 2.45) is 0 Å². The highest BCUT2D eigenvalue weighted by Crippen LogP contribution is 2.32. The van der Waals surface area contributed by atoms with E-state index < -0.39 is 0 Å². The van der Waals surface area contributed by atoms with Crippen molar-refractivity contribution < 1.29 is 4.92 Å². The van der Waals surface area contributed by atoms with Crippen LogP contribution in [0, 0.1) is 17.0 Å². The first-order valence-corrected chi connectivity index (χ1v) is 6.37. The molecule has 0 spiro atoms. The minimum absolute atomic E-state index is 0.0728. The maximum absolute atomic E-state index is 11.2. The number of nitrogens with one attached hydrogen (secondary N) is 2. The Morgan fingerprint density at radius 2 is 1.80 bits per heavy atom. The fraction of sp³-hybridized carbons (Fsp3) is 0.200. The Morgan fingerprint density at radius 3 is 2.45 bits per heavy atom. The normalized spacial score (nSPS) is 10.1. The first-order valence-electron chi connectivity index (χ1n) is 6.37. The van der Waals surface area contributed by atoms with Gasteiger partial charge in [0.25, 0.3) is 0 Å². The number of hydrogen-bond acceptors (Lipinski definition) is 4. The lowest BCUT2D eigenvalue weighted by molar-refractivity contribution is -0.383. The number of nitro groups is 1. The van der Waals surface area contributed by atoms with Crippen molar-refractivity contribution in [3.8, 4) is 0 Å². The van der Waals surface area contributed by atoms with E-state index in [0.717, 1.165) is 11.1 Å². The number of nitrogens with zero attached hydrogens (tertiary/aromatic N) is 1. The Balaban J connectivity index is 2.26. The van der Waals surface area contributed by atoms with Crippen LogP contribution in [0.3, 0.4) is 0 Å². The van der Waals surface area contributed by atoms with Crippen molar-refractivity contribution in [2.45, 2.75) is 13.5 Å². The van der Waals surface area contributed by atoms with Gasteiger partial charge < -0.3 is 10.6 Å². The Bertz CT molecular complexity index is 626. The molecule has 0 aromatic heterocycles. The Labute approximate surface area is 117 Å². The van der Waals surface area contributed by atoms with E-state index in [1.54, 1.807) is 25.2 Å². The summed E-state index contributed by atoms with van der Waals surface area (Å²) in [5.74, 6) is 0. The molecule has 20 heavy (non-hydrogen) atoms. The zero-order valence-corrected chi connectivity index (χ0v) is 11.5. The van der Waals surface area contributed by atoms with Crippen molar-refractivity contribution in [1.82, 2.24) is 0 Å². The van der Waals surface area contributed by atoms with Crippen molar-refractivity contribution >= 4 is 17.1 Å². The Morgan fingerprint density at radius 1 is 1.10 bits per heavy atom. The molecule has 0 aliphatic rings. The van der Waals surface area contributed by atoms with Gasteiger partial charge in [0, 0.05) is 13.6 Å². The number of aryl methyl sites for hydroxylation is 1. The van der Waals surface area contributed by atoms with E-state index in [1.807, 2.05) is 31.2 Å². The molecule has 0 fully saturated rings. The molecular weight excluding hydrogens is 254 g/mol. The molecule has 0 unspecified atom stereocenters. The number of hydrogen-bond donors (Lipinski definition) is 2. The summed E-state index contributed by atoms with van der Waals surface area (Å²) in [6, 6.07) is 13.2. The van der Waals surface area contributed by atoms with Crippen LogP contribution >= 0.6 is 0 Å². The molecule has 5 nitrogen and oxygen atoms in total. The van der Waals surface area contributed by atoms with Crippen LogP contribution < -0.4 is 10.6 Å². The van der Waals surface area contributed by atoms with E-state index in [0.29, 0.717) is 17.9 Å². The third kappa shape index (κ3) is 2.88. The fourth-order valence-corrected chi connectivity index (χ4v) is 2.08. The van der Waals surface area contributed by atoms with E-state index in [-0.39, 0.29) is 10.6 Å². The smallest absolute Gasteiger partial charge is 0.315 e. The van der Waals surface area contributed by atoms with Gasteiger partial charge in [0.2, 0.25) is 0 Å². The number of nitro benzene ring substituents is 1. The van der Waals surface area contributed by atoms with Gasteiger partial charge in [-0.05, 0) is 30.2 Å². The Hall–Kier alpha value is -2.56. The summed E-state index contributed by atoms with van der Waals surface area (Å²) in [7, 11) is 1.67. The summed E-state index contributed by atoms with van der Waals surface area (Å²) in [5, 5.41) is 17.2. The predicted octanol–water partition coefficient (Wildman–Crippen LogP) is 3.56. The molecule has 0 atom stereocenters. The van der Waals surface area contributed by atoms with Gasteiger partial charge in [-0.3, -0.25) is 10.1 Å². The molecule has 0 bridgehead atoms. The molecule has 5 heteroatoms. The van der Waals surface area contributed by atoms with Gasteiger partial charge in [0.05, 0.1) is 4.92 Å². The lowest BCUT2D eigenvalue weighted by Crippen LogP contribution is -2.05. The summed E-state index contributed by atoms with van der Waals surface area (Å²) in [6.07, 6.45) is 0. The lowest BCUT2D eigenvalue weighted by atomic mass is 10.1. The van der Waals surface area contributed by atoms with Crippen LogP contribution in [-0.2, 0) is 6.54 Å². The summed E-state index contributed by atoms with van der Waals surface area (Å²) < 4.78 is 0.